The number of piperazine rings is 1. The summed E-state index contributed by atoms with van der Waals surface area (Å²) in [7, 11) is 0. The summed E-state index contributed by atoms with van der Waals surface area (Å²) in [4.78, 5) is 19.6. The Balaban J connectivity index is 1.16. The van der Waals surface area contributed by atoms with Gasteiger partial charge in [-0.1, -0.05) is 36.4 Å². The van der Waals surface area contributed by atoms with Gasteiger partial charge in [0, 0.05) is 50.2 Å². The van der Waals surface area contributed by atoms with E-state index in [1.807, 2.05) is 24.3 Å². The maximum Gasteiger partial charge on any atom is 0.253 e. The first-order valence-corrected chi connectivity index (χ1v) is 12.0. The van der Waals surface area contributed by atoms with Gasteiger partial charge in [-0.15, -0.1) is 0 Å². The average Bonchev–Trinajstić information content (AvgIpc) is 2.90. The lowest BCUT2D eigenvalue weighted by Crippen LogP contribution is -2.44. The number of anilines is 2. The minimum Gasteiger partial charge on any atom is -0.491 e. The van der Waals surface area contributed by atoms with Crippen LogP contribution in [0, 0.1) is 0 Å². The number of carbonyl (C=O) groups is 1. The first-order valence-electron chi connectivity index (χ1n) is 12.0. The number of aromatic nitrogens is 1. The van der Waals surface area contributed by atoms with Crippen molar-refractivity contribution in [1.82, 2.24) is 15.6 Å². The summed E-state index contributed by atoms with van der Waals surface area (Å²) in [6.45, 7) is 6.57. The minimum atomic E-state index is -0.135. The lowest BCUT2D eigenvalue weighted by atomic mass is 10.0. The number of rotatable bonds is 6. The van der Waals surface area contributed by atoms with Gasteiger partial charge in [0.2, 0.25) is 0 Å². The summed E-state index contributed by atoms with van der Waals surface area (Å²) in [6, 6.07) is 20.3. The van der Waals surface area contributed by atoms with Crippen LogP contribution in [0.4, 0.5) is 11.5 Å². The summed E-state index contributed by atoms with van der Waals surface area (Å²) in [5.74, 6) is 1.53. The highest BCUT2D eigenvalue weighted by molar-refractivity contribution is 5.94. The van der Waals surface area contributed by atoms with Gasteiger partial charge >= 0.3 is 0 Å². The molecule has 1 fully saturated rings. The average molecular weight is 458 g/mol. The molecule has 7 heteroatoms. The Bertz CT molecular complexity index is 1110. The zero-order chi connectivity index (χ0) is 23.3. The predicted molar refractivity (Wildman–Crippen MR) is 135 cm³/mol. The molecule has 3 heterocycles. The molecule has 1 amide bonds. The summed E-state index contributed by atoms with van der Waals surface area (Å²) >= 11 is 0. The molecule has 1 aromatic heterocycles. The fraction of sp³-hybridized carbons (Fsp3) is 0.333. The van der Waals surface area contributed by atoms with Gasteiger partial charge in [0.25, 0.3) is 5.91 Å². The second kappa shape index (κ2) is 10.1. The number of carbonyl (C=O) groups excluding carboxylic acids is 1. The first-order chi connectivity index (χ1) is 16.7. The van der Waals surface area contributed by atoms with Crippen molar-refractivity contribution in [2.45, 2.75) is 25.4 Å². The van der Waals surface area contributed by atoms with Gasteiger partial charge in [-0.3, -0.25) is 4.79 Å². The van der Waals surface area contributed by atoms with Gasteiger partial charge in [-0.05, 0) is 42.7 Å². The Morgan fingerprint density at radius 3 is 2.71 bits per heavy atom. The Hall–Kier alpha value is -3.58. The Labute approximate surface area is 200 Å². The molecule has 2 aliphatic rings. The highest BCUT2D eigenvalue weighted by Crippen LogP contribution is 2.30. The molecule has 0 bridgehead atoms. The van der Waals surface area contributed by atoms with E-state index in [0.29, 0.717) is 12.2 Å². The van der Waals surface area contributed by atoms with Crippen molar-refractivity contribution < 1.29 is 9.53 Å². The Morgan fingerprint density at radius 1 is 1.12 bits per heavy atom. The number of hydrogen-bond donors (Lipinski definition) is 3. The monoisotopic (exact) mass is 457 g/mol. The smallest absolute Gasteiger partial charge is 0.253 e. The first kappa shape index (κ1) is 22.2. The van der Waals surface area contributed by atoms with Crippen LogP contribution in [0.1, 0.15) is 34.5 Å². The van der Waals surface area contributed by atoms with Crippen LogP contribution in [0.5, 0.6) is 5.75 Å². The standard InChI is InChI=1S/C27H31N5O2/c1-19(20-5-3-2-4-6-20)30-26-10-8-22(17-29-26)27(33)31-23-15-21-7-9-24(16-25(21)34-18-23)32-13-11-28-12-14-32/h2-10,16-17,19,23,28H,11-15,18H2,1H3,(H,29,30)(H,31,33)/t19-,23+/m0/s1. The van der Waals surface area contributed by atoms with Crippen LogP contribution in [-0.4, -0.2) is 49.7 Å². The molecule has 0 spiro atoms. The van der Waals surface area contributed by atoms with E-state index in [0.717, 1.165) is 49.7 Å². The van der Waals surface area contributed by atoms with Crippen molar-refractivity contribution in [2.24, 2.45) is 0 Å². The number of amides is 1. The van der Waals surface area contributed by atoms with Crippen LogP contribution in [0.25, 0.3) is 0 Å². The molecule has 0 unspecified atom stereocenters. The molecule has 2 atom stereocenters. The second-order valence-corrected chi connectivity index (χ2v) is 8.92. The van der Waals surface area contributed by atoms with E-state index >= 15 is 0 Å². The van der Waals surface area contributed by atoms with Crippen molar-refractivity contribution in [1.29, 1.82) is 0 Å². The molecule has 3 N–H and O–H groups in total. The molecule has 1 saturated heterocycles. The molecule has 34 heavy (non-hydrogen) atoms. The largest absolute Gasteiger partial charge is 0.491 e. The number of ether oxygens (including phenoxy) is 1. The summed E-state index contributed by atoms with van der Waals surface area (Å²) < 4.78 is 6.03. The number of nitrogens with one attached hydrogen (secondary N) is 3. The lowest BCUT2D eigenvalue weighted by Gasteiger charge is -2.31. The van der Waals surface area contributed by atoms with E-state index in [2.05, 4.69) is 63.1 Å². The van der Waals surface area contributed by atoms with Gasteiger partial charge in [-0.25, -0.2) is 4.98 Å². The number of hydrogen-bond acceptors (Lipinski definition) is 6. The van der Waals surface area contributed by atoms with Crippen LogP contribution >= 0.6 is 0 Å². The van der Waals surface area contributed by atoms with E-state index < -0.39 is 0 Å². The summed E-state index contributed by atoms with van der Waals surface area (Å²) in [5, 5.41) is 9.85. The molecule has 0 aliphatic carbocycles. The molecule has 0 saturated carbocycles. The third kappa shape index (κ3) is 5.15. The Morgan fingerprint density at radius 2 is 1.94 bits per heavy atom. The SMILES string of the molecule is C[C@H](Nc1ccc(C(=O)N[C@H]2COc3cc(N4CCNCC4)ccc3C2)cn1)c1ccccc1. The number of benzene rings is 2. The van der Waals surface area contributed by atoms with Crippen molar-refractivity contribution in [3.8, 4) is 5.75 Å². The number of nitrogens with zero attached hydrogens (tertiary/aromatic N) is 2. The van der Waals surface area contributed by atoms with Gasteiger partial charge in [0.1, 0.15) is 18.2 Å². The maximum absolute atomic E-state index is 12.8. The topological polar surface area (TPSA) is 78.5 Å². The normalized spacial score (nSPS) is 18.4. The molecular formula is C27H31N5O2. The second-order valence-electron chi connectivity index (χ2n) is 8.92. The quantitative estimate of drug-likeness (QED) is 0.527. The fourth-order valence-electron chi connectivity index (χ4n) is 4.50. The van der Waals surface area contributed by atoms with Gasteiger partial charge in [-0.2, -0.15) is 0 Å². The van der Waals surface area contributed by atoms with Crippen LogP contribution < -0.4 is 25.6 Å². The number of fused-ring (bicyclic) bond motifs is 1. The third-order valence-corrected chi connectivity index (χ3v) is 6.46. The van der Waals surface area contributed by atoms with Crippen molar-refractivity contribution in [3.63, 3.8) is 0 Å². The highest BCUT2D eigenvalue weighted by atomic mass is 16.5. The van der Waals surface area contributed by atoms with E-state index in [1.165, 1.54) is 11.3 Å². The summed E-state index contributed by atoms with van der Waals surface area (Å²) in [5.41, 5.74) is 4.05. The van der Waals surface area contributed by atoms with Crippen LogP contribution in [0.15, 0.2) is 66.9 Å². The predicted octanol–water partition coefficient (Wildman–Crippen LogP) is 3.40. The zero-order valence-corrected chi connectivity index (χ0v) is 19.5. The third-order valence-electron chi connectivity index (χ3n) is 6.46. The molecular weight excluding hydrogens is 426 g/mol. The molecule has 5 rings (SSSR count). The van der Waals surface area contributed by atoms with Gasteiger partial charge in [0.15, 0.2) is 0 Å². The van der Waals surface area contributed by atoms with Crippen molar-refractivity contribution in [3.05, 3.63) is 83.6 Å². The van der Waals surface area contributed by atoms with E-state index in [-0.39, 0.29) is 18.0 Å². The number of pyridine rings is 1. The molecule has 176 valence electrons. The Kier molecular flexibility index (Phi) is 6.62. The van der Waals surface area contributed by atoms with Gasteiger partial charge in [0.05, 0.1) is 11.6 Å². The van der Waals surface area contributed by atoms with Gasteiger partial charge < -0.3 is 25.6 Å². The fourth-order valence-corrected chi connectivity index (χ4v) is 4.50. The molecule has 3 aromatic rings. The van der Waals surface area contributed by atoms with Crippen molar-refractivity contribution >= 4 is 17.4 Å². The minimum absolute atomic E-state index is 0.0686. The molecule has 2 aliphatic heterocycles. The van der Waals surface area contributed by atoms with E-state index in [1.54, 1.807) is 12.3 Å². The molecule has 2 aromatic carbocycles. The molecule has 7 nitrogen and oxygen atoms in total. The highest BCUT2D eigenvalue weighted by Gasteiger charge is 2.23. The van der Waals surface area contributed by atoms with Crippen LogP contribution in [0.2, 0.25) is 0 Å². The van der Waals surface area contributed by atoms with Crippen molar-refractivity contribution in [2.75, 3.05) is 43.0 Å². The maximum atomic E-state index is 12.8. The van der Waals surface area contributed by atoms with Crippen LogP contribution in [-0.2, 0) is 6.42 Å². The zero-order valence-electron chi connectivity index (χ0n) is 19.5. The lowest BCUT2D eigenvalue weighted by molar-refractivity contribution is 0.0915. The van der Waals surface area contributed by atoms with E-state index in [4.69, 9.17) is 4.74 Å². The summed E-state index contributed by atoms with van der Waals surface area (Å²) in [6.07, 6.45) is 2.37. The van der Waals surface area contributed by atoms with Crippen LogP contribution in [0.3, 0.4) is 0 Å². The van der Waals surface area contributed by atoms with E-state index in [9.17, 15) is 4.79 Å². The molecule has 0 radical (unpaired) electrons.